The SMILES string of the molecule is CNCC1COC(=O)C1(c1ccccc1)c1ccccc1. The standard InChI is InChI=1S/C18H19NO2/c1-19-12-16-13-21-17(20)18(16,14-8-4-2-5-9-14)15-10-6-3-7-11-15/h2-11,16,19H,12-13H2,1H3. The van der Waals surface area contributed by atoms with Crippen LogP contribution in [0.4, 0.5) is 0 Å². The van der Waals surface area contributed by atoms with Crippen LogP contribution in [-0.2, 0) is 14.9 Å². The van der Waals surface area contributed by atoms with Crippen molar-refractivity contribution in [2.45, 2.75) is 5.41 Å². The number of esters is 1. The first-order valence-electron chi connectivity index (χ1n) is 7.23. The van der Waals surface area contributed by atoms with Crippen molar-refractivity contribution < 1.29 is 9.53 Å². The fraction of sp³-hybridized carbons (Fsp3) is 0.278. The van der Waals surface area contributed by atoms with Crippen molar-refractivity contribution in [1.82, 2.24) is 5.32 Å². The Kier molecular flexibility index (Phi) is 3.76. The number of hydrogen-bond donors (Lipinski definition) is 1. The van der Waals surface area contributed by atoms with E-state index in [0.717, 1.165) is 17.7 Å². The third-order valence-corrected chi connectivity index (χ3v) is 4.26. The van der Waals surface area contributed by atoms with Crippen LogP contribution < -0.4 is 5.32 Å². The Bertz CT molecular complexity index is 570. The molecule has 0 aliphatic carbocycles. The lowest BCUT2D eigenvalue weighted by atomic mass is 9.67. The van der Waals surface area contributed by atoms with E-state index in [1.54, 1.807) is 0 Å². The predicted molar refractivity (Wildman–Crippen MR) is 82.0 cm³/mol. The highest BCUT2D eigenvalue weighted by molar-refractivity contribution is 5.90. The summed E-state index contributed by atoms with van der Waals surface area (Å²) in [6, 6.07) is 19.9. The van der Waals surface area contributed by atoms with Gasteiger partial charge in [-0.3, -0.25) is 4.79 Å². The minimum absolute atomic E-state index is 0.0831. The predicted octanol–water partition coefficient (Wildman–Crippen LogP) is 2.37. The summed E-state index contributed by atoms with van der Waals surface area (Å²) in [5.74, 6) is -0.0695. The summed E-state index contributed by atoms with van der Waals surface area (Å²) in [6.45, 7) is 1.18. The van der Waals surface area contributed by atoms with Crippen LogP contribution in [0.3, 0.4) is 0 Å². The molecule has 1 saturated heterocycles. The number of hydrogen-bond acceptors (Lipinski definition) is 3. The first-order chi connectivity index (χ1) is 10.3. The largest absolute Gasteiger partial charge is 0.464 e. The molecule has 21 heavy (non-hydrogen) atoms. The summed E-state index contributed by atoms with van der Waals surface area (Å²) >= 11 is 0. The quantitative estimate of drug-likeness (QED) is 0.874. The molecule has 0 aromatic heterocycles. The minimum atomic E-state index is -0.717. The zero-order valence-corrected chi connectivity index (χ0v) is 12.1. The minimum Gasteiger partial charge on any atom is -0.464 e. The highest BCUT2D eigenvalue weighted by atomic mass is 16.5. The lowest BCUT2D eigenvalue weighted by Crippen LogP contribution is -2.43. The highest BCUT2D eigenvalue weighted by Gasteiger charge is 2.54. The number of benzene rings is 2. The summed E-state index contributed by atoms with van der Waals surface area (Å²) < 4.78 is 5.46. The molecule has 108 valence electrons. The second kappa shape index (κ2) is 5.70. The van der Waals surface area contributed by atoms with Crippen LogP contribution in [-0.4, -0.2) is 26.2 Å². The highest BCUT2D eigenvalue weighted by Crippen LogP contribution is 2.44. The van der Waals surface area contributed by atoms with E-state index < -0.39 is 5.41 Å². The summed E-state index contributed by atoms with van der Waals surface area (Å²) in [4.78, 5) is 12.7. The van der Waals surface area contributed by atoms with Crippen LogP contribution in [0.5, 0.6) is 0 Å². The molecule has 1 heterocycles. The Hall–Kier alpha value is -2.13. The van der Waals surface area contributed by atoms with Crippen LogP contribution in [0.1, 0.15) is 11.1 Å². The average molecular weight is 281 g/mol. The fourth-order valence-corrected chi connectivity index (χ4v) is 3.32. The molecule has 1 aliphatic heterocycles. The Balaban J connectivity index is 2.22. The van der Waals surface area contributed by atoms with E-state index in [1.165, 1.54) is 0 Å². The van der Waals surface area contributed by atoms with Gasteiger partial charge in [-0.05, 0) is 18.2 Å². The Morgan fingerprint density at radius 3 is 2.05 bits per heavy atom. The number of nitrogens with one attached hydrogen (secondary N) is 1. The number of ether oxygens (including phenoxy) is 1. The average Bonchev–Trinajstić information content (AvgIpc) is 2.87. The van der Waals surface area contributed by atoms with Gasteiger partial charge in [0.1, 0.15) is 5.41 Å². The fourth-order valence-electron chi connectivity index (χ4n) is 3.32. The molecule has 0 amide bonds. The van der Waals surface area contributed by atoms with Crippen molar-refractivity contribution in [3.05, 3.63) is 71.8 Å². The molecule has 1 aliphatic rings. The normalized spacial score (nSPS) is 20.2. The monoisotopic (exact) mass is 281 g/mol. The van der Waals surface area contributed by atoms with E-state index in [-0.39, 0.29) is 11.9 Å². The molecule has 3 nitrogen and oxygen atoms in total. The lowest BCUT2D eigenvalue weighted by Gasteiger charge is -2.32. The van der Waals surface area contributed by atoms with E-state index in [0.29, 0.717) is 6.61 Å². The topological polar surface area (TPSA) is 38.3 Å². The molecule has 1 N–H and O–H groups in total. The Labute approximate surface area is 124 Å². The van der Waals surface area contributed by atoms with Gasteiger partial charge in [0.05, 0.1) is 6.61 Å². The molecule has 3 rings (SSSR count). The molecule has 2 aromatic rings. The van der Waals surface area contributed by atoms with Gasteiger partial charge in [0.2, 0.25) is 0 Å². The Morgan fingerprint density at radius 1 is 1.05 bits per heavy atom. The molecular weight excluding hydrogens is 262 g/mol. The zero-order valence-electron chi connectivity index (χ0n) is 12.1. The van der Waals surface area contributed by atoms with Gasteiger partial charge in [-0.2, -0.15) is 0 Å². The van der Waals surface area contributed by atoms with E-state index in [1.807, 2.05) is 67.7 Å². The van der Waals surface area contributed by atoms with Gasteiger partial charge < -0.3 is 10.1 Å². The van der Waals surface area contributed by atoms with Crippen molar-refractivity contribution in [3.8, 4) is 0 Å². The van der Waals surface area contributed by atoms with Crippen LogP contribution in [0, 0.1) is 5.92 Å². The molecule has 0 spiro atoms. The van der Waals surface area contributed by atoms with Gasteiger partial charge in [0.15, 0.2) is 0 Å². The second-order valence-corrected chi connectivity index (χ2v) is 5.39. The maximum absolute atomic E-state index is 12.7. The van der Waals surface area contributed by atoms with Gasteiger partial charge in [0.25, 0.3) is 0 Å². The maximum atomic E-state index is 12.7. The third-order valence-electron chi connectivity index (χ3n) is 4.26. The summed E-state index contributed by atoms with van der Waals surface area (Å²) in [5.41, 5.74) is 1.28. The van der Waals surface area contributed by atoms with Crippen molar-refractivity contribution in [2.75, 3.05) is 20.2 Å². The first kappa shape index (κ1) is 13.8. The number of carbonyl (C=O) groups excluding carboxylic acids is 1. The number of carbonyl (C=O) groups is 1. The molecule has 1 unspecified atom stereocenters. The van der Waals surface area contributed by atoms with Gasteiger partial charge in [-0.15, -0.1) is 0 Å². The molecule has 1 atom stereocenters. The molecule has 0 bridgehead atoms. The van der Waals surface area contributed by atoms with Crippen molar-refractivity contribution in [2.24, 2.45) is 5.92 Å². The molecule has 0 saturated carbocycles. The third kappa shape index (κ3) is 2.14. The molecule has 3 heteroatoms. The summed E-state index contributed by atoms with van der Waals surface area (Å²) in [5, 5.41) is 3.19. The van der Waals surface area contributed by atoms with Crippen LogP contribution >= 0.6 is 0 Å². The van der Waals surface area contributed by atoms with Gasteiger partial charge in [0, 0.05) is 12.5 Å². The summed E-state index contributed by atoms with van der Waals surface area (Å²) in [6.07, 6.45) is 0. The van der Waals surface area contributed by atoms with E-state index in [9.17, 15) is 4.79 Å². The van der Waals surface area contributed by atoms with Crippen molar-refractivity contribution in [1.29, 1.82) is 0 Å². The number of cyclic esters (lactones) is 1. The first-order valence-corrected chi connectivity index (χ1v) is 7.23. The maximum Gasteiger partial charge on any atom is 0.321 e. The van der Waals surface area contributed by atoms with Gasteiger partial charge >= 0.3 is 5.97 Å². The number of rotatable bonds is 4. The lowest BCUT2D eigenvalue weighted by molar-refractivity contribution is -0.141. The van der Waals surface area contributed by atoms with Gasteiger partial charge in [-0.1, -0.05) is 60.7 Å². The molecule has 1 fully saturated rings. The zero-order chi connectivity index (χ0) is 14.7. The van der Waals surface area contributed by atoms with E-state index in [2.05, 4.69) is 5.32 Å². The van der Waals surface area contributed by atoms with Crippen molar-refractivity contribution in [3.63, 3.8) is 0 Å². The van der Waals surface area contributed by atoms with Crippen molar-refractivity contribution >= 4 is 5.97 Å². The van der Waals surface area contributed by atoms with Crippen LogP contribution in [0.25, 0.3) is 0 Å². The van der Waals surface area contributed by atoms with Crippen LogP contribution in [0.15, 0.2) is 60.7 Å². The molecule has 0 radical (unpaired) electrons. The van der Waals surface area contributed by atoms with E-state index in [4.69, 9.17) is 4.74 Å². The molecular formula is C18H19NO2. The smallest absolute Gasteiger partial charge is 0.321 e. The van der Waals surface area contributed by atoms with E-state index >= 15 is 0 Å². The van der Waals surface area contributed by atoms with Gasteiger partial charge in [-0.25, -0.2) is 0 Å². The second-order valence-electron chi connectivity index (χ2n) is 5.39. The summed E-state index contributed by atoms with van der Waals surface area (Å²) in [7, 11) is 1.91. The molecule has 2 aromatic carbocycles. The Morgan fingerprint density at radius 2 is 1.57 bits per heavy atom. The van der Waals surface area contributed by atoms with Crippen LogP contribution in [0.2, 0.25) is 0 Å².